The number of carbonyl (C=O) groups is 4. The first-order valence-corrected chi connectivity index (χ1v) is 13.6. The first-order valence-electron chi connectivity index (χ1n) is 13.3. The number of halogens is 6. The van der Waals surface area contributed by atoms with Gasteiger partial charge in [-0.25, -0.2) is 14.2 Å². The molecule has 2 aromatic carbocycles. The number of imidazole rings is 1. The molecule has 3 N–H and O–H groups in total. The van der Waals surface area contributed by atoms with Crippen LogP contribution >= 0.6 is 11.6 Å². The molecule has 3 amide bonds. The molecular formula is C28H28ClF5N6O6. The third-order valence-electron chi connectivity index (χ3n) is 6.68. The molecule has 0 aliphatic carbocycles. The van der Waals surface area contributed by atoms with Crippen LogP contribution in [0.3, 0.4) is 0 Å². The minimum absolute atomic E-state index is 0.0242. The van der Waals surface area contributed by atoms with Crippen LogP contribution in [0.25, 0.3) is 11.3 Å². The van der Waals surface area contributed by atoms with Gasteiger partial charge in [-0.2, -0.15) is 17.6 Å². The summed E-state index contributed by atoms with van der Waals surface area (Å²) >= 11 is 6.39. The molecule has 0 bridgehead atoms. The number of carboxylic acid groups (broad SMARTS) is 1. The third kappa shape index (κ3) is 8.28. The molecule has 0 radical (unpaired) electrons. The second-order valence-corrected chi connectivity index (χ2v) is 10.0. The van der Waals surface area contributed by atoms with Crippen molar-refractivity contribution in [3.63, 3.8) is 0 Å². The molecule has 1 aromatic heterocycles. The highest BCUT2D eigenvalue weighted by Gasteiger charge is 2.38. The molecule has 2 heterocycles. The Hall–Kier alpha value is -4.77. The van der Waals surface area contributed by atoms with Gasteiger partial charge in [0.05, 0.1) is 36.1 Å². The number of aliphatic carboxylic acids is 1. The summed E-state index contributed by atoms with van der Waals surface area (Å²) in [7, 11) is 4.43. The molecule has 1 aliphatic rings. The number of nitrogens with zero attached hydrogens (tertiary/aromatic N) is 4. The van der Waals surface area contributed by atoms with Crippen molar-refractivity contribution in [3.8, 4) is 17.0 Å². The Kier molecular flexibility index (Phi) is 11.6. The lowest BCUT2D eigenvalue weighted by atomic mass is 10.1. The largest absolute Gasteiger partial charge is 0.494 e. The number of hydrogen-bond donors (Lipinski definition) is 3. The fraction of sp³-hybridized carbons (Fsp3) is 0.321. The Labute approximate surface area is 263 Å². The smallest absolute Gasteiger partial charge is 0.490 e. The Balaban J connectivity index is 0.000000738. The summed E-state index contributed by atoms with van der Waals surface area (Å²) < 4.78 is 66.6. The number of aromatic nitrogens is 2. The van der Waals surface area contributed by atoms with E-state index in [1.54, 1.807) is 16.8 Å². The van der Waals surface area contributed by atoms with E-state index in [4.69, 9.17) is 26.2 Å². The number of methoxy groups -OCH3 is 1. The van der Waals surface area contributed by atoms with Crippen LogP contribution in [0.1, 0.15) is 21.0 Å². The van der Waals surface area contributed by atoms with Crippen molar-refractivity contribution in [1.29, 1.82) is 0 Å². The second kappa shape index (κ2) is 15.0. The lowest BCUT2D eigenvalue weighted by Gasteiger charge is -2.35. The molecule has 1 fully saturated rings. The molecule has 3 aromatic rings. The summed E-state index contributed by atoms with van der Waals surface area (Å²) in [5.41, 5.74) is 0.683. The Bertz CT molecular complexity index is 1620. The van der Waals surface area contributed by atoms with Gasteiger partial charge in [0.2, 0.25) is 11.7 Å². The zero-order valence-corrected chi connectivity index (χ0v) is 25.3. The van der Waals surface area contributed by atoms with Gasteiger partial charge in [-0.1, -0.05) is 11.6 Å². The Morgan fingerprint density at radius 1 is 1.02 bits per heavy atom. The number of amides is 3. The number of ether oxygens (including phenoxy) is 1. The molecular weight excluding hydrogens is 647 g/mol. The predicted octanol–water partition coefficient (Wildman–Crippen LogP) is 3.42. The number of benzene rings is 2. The number of likely N-dealkylation sites (N-methyl/N-ethyl adjacent to an activating group) is 1. The van der Waals surface area contributed by atoms with Crippen LogP contribution < -0.4 is 15.4 Å². The maximum atomic E-state index is 14.6. The lowest BCUT2D eigenvalue weighted by Crippen LogP contribution is -2.52. The zero-order chi connectivity index (χ0) is 34.3. The summed E-state index contributed by atoms with van der Waals surface area (Å²) in [5.74, 6) is -6.23. The molecule has 0 spiro atoms. The first kappa shape index (κ1) is 35.7. The summed E-state index contributed by atoms with van der Waals surface area (Å²) in [5, 5.41) is 12.7. The standard InChI is InChI=1S/C26H27ClF2N6O4.C2HF3O2/c1-30-14-21(36)34-8-10-35(11-9-34)26(38)16-5-4-15(12-18(16)27)32-25(37)24-31-13-19(33(24)2)17-6-7-20(39-3)23(29)22(17)28;3-2(4,5)1(6)7/h4-7,12-13,30H,8-11,14H2,1-3H3,(H,32,37);(H,6,7). The van der Waals surface area contributed by atoms with E-state index in [1.807, 2.05) is 0 Å². The van der Waals surface area contributed by atoms with E-state index >= 15 is 0 Å². The number of hydrogen-bond acceptors (Lipinski definition) is 7. The lowest BCUT2D eigenvalue weighted by molar-refractivity contribution is -0.192. The van der Waals surface area contributed by atoms with Crippen LogP contribution in [0.15, 0.2) is 36.5 Å². The van der Waals surface area contributed by atoms with Gasteiger partial charge in [0.15, 0.2) is 17.4 Å². The fourth-order valence-corrected chi connectivity index (χ4v) is 4.56. The summed E-state index contributed by atoms with van der Waals surface area (Å²) in [6.07, 6.45) is -3.82. The molecule has 12 nitrogen and oxygen atoms in total. The minimum Gasteiger partial charge on any atom is -0.494 e. The number of carbonyl (C=O) groups excluding carboxylic acids is 3. The average molecular weight is 675 g/mol. The topological polar surface area (TPSA) is 146 Å². The summed E-state index contributed by atoms with van der Waals surface area (Å²) in [4.78, 5) is 54.2. The van der Waals surface area contributed by atoms with Crippen LogP contribution in [0.4, 0.5) is 27.6 Å². The molecule has 248 valence electrons. The minimum atomic E-state index is -5.08. The first-order chi connectivity index (χ1) is 21.6. The number of carboxylic acids is 1. The van der Waals surface area contributed by atoms with Crippen LogP contribution in [-0.4, -0.2) is 101 Å². The number of piperazine rings is 1. The van der Waals surface area contributed by atoms with Gasteiger partial charge in [-0.3, -0.25) is 14.4 Å². The van der Waals surface area contributed by atoms with E-state index in [2.05, 4.69) is 15.6 Å². The Morgan fingerprint density at radius 2 is 1.63 bits per heavy atom. The van der Waals surface area contributed by atoms with Gasteiger partial charge in [-0.05, 0) is 37.4 Å². The van der Waals surface area contributed by atoms with E-state index < -0.39 is 29.7 Å². The van der Waals surface area contributed by atoms with Crippen LogP contribution in [0.2, 0.25) is 5.02 Å². The van der Waals surface area contributed by atoms with E-state index in [9.17, 15) is 36.3 Å². The van der Waals surface area contributed by atoms with Crippen molar-refractivity contribution in [2.24, 2.45) is 7.05 Å². The van der Waals surface area contributed by atoms with E-state index in [1.165, 1.54) is 55.3 Å². The second-order valence-electron chi connectivity index (χ2n) is 9.62. The Morgan fingerprint density at radius 3 is 2.17 bits per heavy atom. The quantitative estimate of drug-likeness (QED) is 0.324. The van der Waals surface area contributed by atoms with Gasteiger partial charge in [0.25, 0.3) is 11.8 Å². The van der Waals surface area contributed by atoms with Gasteiger partial charge in [0, 0.05) is 44.5 Å². The van der Waals surface area contributed by atoms with E-state index in [-0.39, 0.29) is 51.8 Å². The summed E-state index contributed by atoms with van der Waals surface area (Å²) in [6.45, 7) is 1.85. The highest BCUT2D eigenvalue weighted by Crippen LogP contribution is 2.30. The molecule has 18 heteroatoms. The van der Waals surface area contributed by atoms with Gasteiger partial charge >= 0.3 is 12.1 Å². The van der Waals surface area contributed by atoms with Crippen LogP contribution in [-0.2, 0) is 16.6 Å². The van der Waals surface area contributed by atoms with Crippen molar-refractivity contribution < 1.29 is 51.0 Å². The van der Waals surface area contributed by atoms with Gasteiger partial charge < -0.3 is 34.8 Å². The maximum Gasteiger partial charge on any atom is 0.490 e. The average Bonchev–Trinajstić information content (AvgIpc) is 3.39. The normalized spacial score (nSPS) is 13.1. The highest BCUT2D eigenvalue weighted by atomic mass is 35.5. The number of alkyl halides is 3. The molecule has 0 unspecified atom stereocenters. The fourth-order valence-electron chi connectivity index (χ4n) is 4.30. The van der Waals surface area contributed by atoms with Crippen molar-refractivity contribution in [2.45, 2.75) is 6.18 Å². The molecule has 0 saturated carbocycles. The number of anilines is 1. The number of nitrogens with one attached hydrogen (secondary N) is 2. The molecule has 4 rings (SSSR count). The maximum absolute atomic E-state index is 14.6. The summed E-state index contributed by atoms with van der Waals surface area (Å²) in [6, 6.07) is 7.12. The molecule has 46 heavy (non-hydrogen) atoms. The zero-order valence-electron chi connectivity index (χ0n) is 24.5. The van der Waals surface area contributed by atoms with E-state index in [0.717, 1.165) is 0 Å². The van der Waals surface area contributed by atoms with Crippen molar-refractivity contribution >= 4 is 41.0 Å². The molecule has 0 atom stereocenters. The van der Waals surface area contributed by atoms with Crippen molar-refractivity contribution in [3.05, 3.63) is 64.6 Å². The van der Waals surface area contributed by atoms with Gasteiger partial charge in [0.1, 0.15) is 0 Å². The SMILES string of the molecule is CNCC(=O)N1CCN(C(=O)c2ccc(NC(=O)c3ncc(-c4ccc(OC)c(F)c4F)n3C)cc2Cl)CC1.O=C(O)C(F)(F)F. The third-order valence-corrected chi connectivity index (χ3v) is 6.99. The van der Waals surface area contributed by atoms with Crippen LogP contribution in [0.5, 0.6) is 5.75 Å². The van der Waals surface area contributed by atoms with Gasteiger partial charge in [-0.15, -0.1) is 0 Å². The molecule has 1 aliphatic heterocycles. The molecule has 1 saturated heterocycles. The number of rotatable bonds is 7. The monoisotopic (exact) mass is 674 g/mol. The van der Waals surface area contributed by atoms with E-state index in [0.29, 0.717) is 31.9 Å². The predicted molar refractivity (Wildman–Crippen MR) is 155 cm³/mol. The van der Waals surface area contributed by atoms with Crippen LogP contribution in [0, 0.1) is 11.6 Å². The highest BCUT2D eigenvalue weighted by molar-refractivity contribution is 6.34. The van der Waals surface area contributed by atoms with Crippen molar-refractivity contribution in [1.82, 2.24) is 24.7 Å². The van der Waals surface area contributed by atoms with Crippen molar-refractivity contribution in [2.75, 3.05) is 52.2 Å².